The maximum absolute atomic E-state index is 12.1. The van der Waals surface area contributed by atoms with Gasteiger partial charge >= 0.3 is 0 Å². The van der Waals surface area contributed by atoms with Crippen LogP contribution in [0.25, 0.3) is 22.1 Å². The molecule has 0 radical (unpaired) electrons. The van der Waals surface area contributed by atoms with Gasteiger partial charge in [0, 0.05) is 23.9 Å². The third-order valence-electron chi connectivity index (χ3n) is 3.95. The Kier molecular flexibility index (Phi) is 2.56. The highest BCUT2D eigenvalue weighted by atomic mass is 16.3. The van der Waals surface area contributed by atoms with Crippen LogP contribution >= 0.6 is 0 Å². The second kappa shape index (κ2) is 4.33. The highest BCUT2D eigenvalue weighted by Gasteiger charge is 2.30. The summed E-state index contributed by atoms with van der Waals surface area (Å²) in [5, 5.41) is 12.9. The number of aliphatic hydroxyl groups is 1. The molecule has 4 rings (SSSR count). The smallest absolute Gasteiger partial charge is 0.229 e. The first-order chi connectivity index (χ1) is 10.1. The van der Waals surface area contributed by atoms with Gasteiger partial charge in [0.05, 0.1) is 12.2 Å². The van der Waals surface area contributed by atoms with Crippen LogP contribution in [0.2, 0.25) is 0 Å². The molecular formula is C15H14N2O4. The zero-order chi connectivity index (χ0) is 14.6. The Morgan fingerprint density at radius 3 is 3.00 bits per heavy atom. The highest BCUT2D eigenvalue weighted by Crippen LogP contribution is 2.35. The van der Waals surface area contributed by atoms with Crippen LogP contribution in [-0.4, -0.2) is 22.2 Å². The minimum absolute atomic E-state index is 0.176. The number of amides is 1. The van der Waals surface area contributed by atoms with Crippen LogP contribution in [0, 0.1) is 6.92 Å². The van der Waals surface area contributed by atoms with Gasteiger partial charge in [-0.05, 0) is 18.9 Å². The van der Waals surface area contributed by atoms with Crippen molar-refractivity contribution in [3.05, 3.63) is 29.9 Å². The van der Waals surface area contributed by atoms with Crippen LogP contribution < -0.4 is 5.32 Å². The lowest BCUT2D eigenvalue weighted by atomic mass is 9.90. The third kappa shape index (κ3) is 1.91. The molecule has 0 spiro atoms. The normalized spacial score (nSPS) is 22.9. The summed E-state index contributed by atoms with van der Waals surface area (Å²) in [4.78, 5) is 16.3. The first kappa shape index (κ1) is 12.4. The highest BCUT2D eigenvalue weighted by molar-refractivity contribution is 5.97. The van der Waals surface area contributed by atoms with Crippen molar-refractivity contribution in [3.63, 3.8) is 0 Å². The van der Waals surface area contributed by atoms with Gasteiger partial charge in [0.2, 0.25) is 5.91 Å². The Balaban J connectivity index is 1.85. The second-order valence-electron chi connectivity index (χ2n) is 5.39. The van der Waals surface area contributed by atoms with Gasteiger partial charge in [0.1, 0.15) is 17.3 Å². The van der Waals surface area contributed by atoms with Crippen molar-refractivity contribution in [2.24, 2.45) is 0 Å². The summed E-state index contributed by atoms with van der Waals surface area (Å²) in [5.41, 5.74) is 2.93. The zero-order valence-electron chi connectivity index (χ0n) is 11.4. The molecule has 0 bridgehead atoms. The average molecular weight is 286 g/mol. The van der Waals surface area contributed by atoms with E-state index in [1.165, 1.54) is 0 Å². The standard InChI is InChI=1S/C15H14N2O4/c1-7-16-11-5-12-9(4-13(11)21-7)10(6-20-12)8-2-3-14(18)17-15(8)19/h4-6,8,14,18H,2-3H2,1H3,(H,17,19). The van der Waals surface area contributed by atoms with E-state index >= 15 is 0 Å². The summed E-state index contributed by atoms with van der Waals surface area (Å²) >= 11 is 0. The molecule has 6 heteroatoms. The topological polar surface area (TPSA) is 88.5 Å². The van der Waals surface area contributed by atoms with Crippen molar-refractivity contribution in [2.45, 2.75) is 31.9 Å². The summed E-state index contributed by atoms with van der Waals surface area (Å²) < 4.78 is 11.1. The quantitative estimate of drug-likeness (QED) is 0.716. The van der Waals surface area contributed by atoms with Gasteiger partial charge in [-0.1, -0.05) is 0 Å². The number of nitrogens with zero attached hydrogens (tertiary/aromatic N) is 1. The molecule has 1 aliphatic heterocycles. The maximum atomic E-state index is 12.1. The summed E-state index contributed by atoms with van der Waals surface area (Å²) in [6.45, 7) is 1.79. The molecule has 6 nitrogen and oxygen atoms in total. The van der Waals surface area contributed by atoms with Crippen molar-refractivity contribution in [2.75, 3.05) is 0 Å². The van der Waals surface area contributed by atoms with Crippen molar-refractivity contribution >= 4 is 28.0 Å². The predicted octanol–water partition coefficient (Wildman–Crippen LogP) is 2.19. The molecule has 1 aliphatic rings. The Morgan fingerprint density at radius 1 is 1.33 bits per heavy atom. The van der Waals surface area contributed by atoms with Crippen molar-refractivity contribution in [1.82, 2.24) is 10.3 Å². The van der Waals surface area contributed by atoms with E-state index in [2.05, 4.69) is 10.3 Å². The zero-order valence-corrected chi connectivity index (χ0v) is 11.4. The lowest BCUT2D eigenvalue weighted by molar-refractivity contribution is -0.128. The third-order valence-corrected chi connectivity index (χ3v) is 3.95. The van der Waals surface area contributed by atoms with E-state index in [4.69, 9.17) is 8.83 Å². The molecule has 1 saturated heterocycles. The Bertz CT molecular complexity index is 848. The Morgan fingerprint density at radius 2 is 2.19 bits per heavy atom. The van der Waals surface area contributed by atoms with Crippen LogP contribution in [0.1, 0.15) is 30.2 Å². The minimum atomic E-state index is -0.754. The molecule has 3 heterocycles. The summed E-state index contributed by atoms with van der Waals surface area (Å²) in [6.07, 6.45) is 1.98. The number of rotatable bonds is 1. The van der Waals surface area contributed by atoms with Crippen LogP contribution in [0.5, 0.6) is 0 Å². The molecular weight excluding hydrogens is 272 g/mol. The first-order valence-electron chi connectivity index (χ1n) is 6.88. The van der Waals surface area contributed by atoms with Crippen LogP contribution in [0.4, 0.5) is 0 Å². The van der Waals surface area contributed by atoms with Gasteiger partial charge in [-0.3, -0.25) is 4.79 Å². The Hall–Kier alpha value is -2.34. The molecule has 1 fully saturated rings. The number of hydrogen-bond donors (Lipinski definition) is 2. The predicted molar refractivity (Wildman–Crippen MR) is 74.6 cm³/mol. The largest absolute Gasteiger partial charge is 0.464 e. The summed E-state index contributed by atoms with van der Waals surface area (Å²) in [5.74, 6) is 0.110. The van der Waals surface area contributed by atoms with E-state index < -0.39 is 6.23 Å². The number of piperidine rings is 1. The first-order valence-corrected chi connectivity index (χ1v) is 6.88. The maximum Gasteiger partial charge on any atom is 0.229 e. The summed E-state index contributed by atoms with van der Waals surface area (Å²) in [6, 6.07) is 3.68. The van der Waals surface area contributed by atoms with E-state index in [0.29, 0.717) is 29.9 Å². The molecule has 0 aliphatic carbocycles. The SMILES string of the molecule is Cc1nc2cc3occ(C4CCC(O)NC4=O)c3cc2o1. The molecule has 2 atom stereocenters. The number of nitrogens with one attached hydrogen (secondary N) is 1. The molecule has 2 aromatic heterocycles. The van der Waals surface area contributed by atoms with E-state index in [-0.39, 0.29) is 11.8 Å². The minimum Gasteiger partial charge on any atom is -0.464 e. The lowest BCUT2D eigenvalue weighted by Gasteiger charge is -2.25. The molecule has 0 saturated carbocycles. The van der Waals surface area contributed by atoms with Gasteiger partial charge in [0.25, 0.3) is 0 Å². The van der Waals surface area contributed by atoms with Crippen molar-refractivity contribution in [3.8, 4) is 0 Å². The number of furan rings is 1. The van der Waals surface area contributed by atoms with Crippen LogP contribution in [0.15, 0.2) is 27.2 Å². The fraction of sp³-hybridized carbons (Fsp3) is 0.333. The molecule has 2 unspecified atom stereocenters. The molecule has 2 N–H and O–H groups in total. The molecule has 108 valence electrons. The number of aliphatic hydroxyl groups excluding tert-OH is 1. The van der Waals surface area contributed by atoms with E-state index in [9.17, 15) is 9.90 Å². The number of aromatic nitrogens is 1. The van der Waals surface area contributed by atoms with Crippen molar-refractivity contribution < 1.29 is 18.7 Å². The molecule has 1 aromatic carbocycles. The average Bonchev–Trinajstić information content (AvgIpc) is 2.98. The van der Waals surface area contributed by atoms with Gasteiger partial charge in [-0.25, -0.2) is 4.98 Å². The van der Waals surface area contributed by atoms with Crippen LogP contribution in [-0.2, 0) is 4.79 Å². The monoisotopic (exact) mass is 286 g/mol. The van der Waals surface area contributed by atoms with Gasteiger partial charge in [0.15, 0.2) is 11.5 Å². The number of carbonyl (C=O) groups excluding carboxylic acids is 1. The van der Waals surface area contributed by atoms with Gasteiger partial charge in [-0.15, -0.1) is 0 Å². The summed E-state index contributed by atoms with van der Waals surface area (Å²) in [7, 11) is 0. The second-order valence-corrected chi connectivity index (χ2v) is 5.39. The molecule has 1 amide bonds. The van der Waals surface area contributed by atoms with Crippen molar-refractivity contribution in [1.29, 1.82) is 0 Å². The lowest BCUT2D eigenvalue weighted by Crippen LogP contribution is -2.42. The fourth-order valence-electron chi connectivity index (χ4n) is 2.94. The van der Waals surface area contributed by atoms with Gasteiger partial charge < -0.3 is 19.3 Å². The number of benzene rings is 1. The number of hydrogen-bond acceptors (Lipinski definition) is 5. The van der Waals surface area contributed by atoms with E-state index in [0.717, 1.165) is 16.5 Å². The van der Waals surface area contributed by atoms with Crippen LogP contribution in [0.3, 0.4) is 0 Å². The number of carbonyl (C=O) groups is 1. The number of oxazole rings is 1. The molecule has 21 heavy (non-hydrogen) atoms. The van der Waals surface area contributed by atoms with E-state index in [1.54, 1.807) is 13.2 Å². The number of aryl methyl sites for hydroxylation is 1. The fourth-order valence-corrected chi connectivity index (χ4v) is 2.94. The number of fused-ring (bicyclic) bond motifs is 2. The Labute approximate surface area is 119 Å². The van der Waals surface area contributed by atoms with Gasteiger partial charge in [-0.2, -0.15) is 0 Å². The molecule has 3 aromatic rings. The van der Waals surface area contributed by atoms with E-state index in [1.807, 2.05) is 12.1 Å².